The summed E-state index contributed by atoms with van der Waals surface area (Å²) in [6.45, 7) is 1.50. The molecular weight excluding hydrogens is 489 g/mol. The molecule has 0 spiro atoms. The lowest BCUT2D eigenvalue weighted by Gasteiger charge is -2.32. The highest BCUT2D eigenvalue weighted by Crippen LogP contribution is 2.35. The lowest BCUT2D eigenvalue weighted by molar-refractivity contribution is 0.401. The average molecular weight is 515 g/mol. The zero-order valence-electron chi connectivity index (χ0n) is 20.5. The van der Waals surface area contributed by atoms with Crippen molar-refractivity contribution in [1.29, 1.82) is 0 Å². The van der Waals surface area contributed by atoms with Crippen molar-refractivity contribution < 1.29 is 13.2 Å². The van der Waals surface area contributed by atoms with E-state index in [4.69, 9.17) is 10.7 Å². The van der Waals surface area contributed by atoms with Crippen molar-refractivity contribution >= 4 is 22.8 Å². The van der Waals surface area contributed by atoms with Gasteiger partial charge < -0.3 is 10.6 Å². The van der Waals surface area contributed by atoms with Gasteiger partial charge in [-0.05, 0) is 55.0 Å². The number of anilines is 2. The largest absolute Gasteiger partial charge is 0.383 e. The number of nitrogens with two attached hydrogens (primary N) is 1. The zero-order valence-corrected chi connectivity index (χ0v) is 20.5. The van der Waals surface area contributed by atoms with E-state index >= 15 is 0 Å². The number of aromatic nitrogens is 4. The van der Waals surface area contributed by atoms with Crippen molar-refractivity contribution in [3.63, 3.8) is 0 Å². The van der Waals surface area contributed by atoms with Gasteiger partial charge in [0, 0.05) is 24.7 Å². The van der Waals surface area contributed by atoms with E-state index in [9.17, 15) is 13.2 Å². The Morgan fingerprint density at radius 1 is 0.842 bits per heavy atom. The van der Waals surface area contributed by atoms with Gasteiger partial charge in [-0.3, -0.25) is 0 Å². The van der Waals surface area contributed by atoms with Crippen molar-refractivity contribution in [3.05, 3.63) is 95.8 Å². The molecule has 0 unspecified atom stereocenters. The van der Waals surface area contributed by atoms with E-state index in [-0.39, 0.29) is 17.2 Å². The number of hydrogen-bond donors (Lipinski definition) is 1. The van der Waals surface area contributed by atoms with Crippen LogP contribution in [0, 0.1) is 23.4 Å². The van der Waals surface area contributed by atoms with Crippen LogP contribution in [0.1, 0.15) is 18.4 Å². The fraction of sp³-hybridized carbons (Fsp3) is 0.207. The van der Waals surface area contributed by atoms with Crippen molar-refractivity contribution in [2.45, 2.75) is 19.3 Å². The summed E-state index contributed by atoms with van der Waals surface area (Å²) >= 11 is 0. The molecule has 9 heteroatoms. The van der Waals surface area contributed by atoms with Gasteiger partial charge in [0.05, 0.1) is 11.1 Å². The summed E-state index contributed by atoms with van der Waals surface area (Å²) < 4.78 is 43.9. The molecular formula is C29H25F3N6. The maximum Gasteiger partial charge on any atom is 0.228 e. The van der Waals surface area contributed by atoms with Gasteiger partial charge in [0.2, 0.25) is 5.95 Å². The highest BCUT2D eigenvalue weighted by Gasteiger charge is 2.26. The minimum absolute atomic E-state index is 0.0388. The van der Waals surface area contributed by atoms with Gasteiger partial charge in [-0.15, -0.1) is 5.10 Å². The quantitative estimate of drug-likeness (QED) is 0.314. The van der Waals surface area contributed by atoms with Crippen LogP contribution in [0.2, 0.25) is 0 Å². The fourth-order valence-corrected chi connectivity index (χ4v) is 5.10. The minimum Gasteiger partial charge on any atom is -0.383 e. The third-order valence-electron chi connectivity index (χ3n) is 7.06. The molecule has 3 aromatic carbocycles. The molecule has 0 amide bonds. The molecule has 5 aromatic rings. The molecule has 0 saturated carbocycles. The molecule has 6 nitrogen and oxygen atoms in total. The molecule has 1 saturated heterocycles. The number of piperidine rings is 1. The summed E-state index contributed by atoms with van der Waals surface area (Å²) in [7, 11) is 0. The molecule has 2 N–H and O–H groups in total. The lowest BCUT2D eigenvalue weighted by atomic mass is 9.90. The molecule has 1 fully saturated rings. The van der Waals surface area contributed by atoms with Crippen LogP contribution in [0.5, 0.6) is 0 Å². The van der Waals surface area contributed by atoms with Crippen molar-refractivity contribution in [2.75, 3.05) is 23.7 Å². The molecule has 1 aliphatic rings. The molecule has 3 heterocycles. The summed E-state index contributed by atoms with van der Waals surface area (Å²) in [5, 5.41) is 4.78. The Kier molecular flexibility index (Phi) is 6.19. The van der Waals surface area contributed by atoms with Crippen LogP contribution in [-0.2, 0) is 6.42 Å². The Morgan fingerprint density at radius 2 is 1.61 bits per heavy atom. The Bertz CT molecular complexity index is 1610. The third kappa shape index (κ3) is 4.55. The van der Waals surface area contributed by atoms with Crippen LogP contribution in [0.4, 0.5) is 24.9 Å². The first-order valence-electron chi connectivity index (χ1n) is 12.5. The minimum atomic E-state index is -0.688. The molecule has 6 rings (SSSR count). The fourth-order valence-electron chi connectivity index (χ4n) is 5.10. The van der Waals surface area contributed by atoms with Gasteiger partial charge in [-0.25, -0.2) is 22.8 Å². The van der Waals surface area contributed by atoms with E-state index in [1.165, 1.54) is 17.7 Å². The standard InChI is InChI=1S/C29H25F3N6/c30-21-8-4-7-20(16-21)26-25-27(33)38(24-17-22(31)9-10-23(24)32)36-28(25)35-29(34-26)37-13-11-19(12-14-37)15-18-5-2-1-3-6-18/h1-10,16-17,19H,11-15,33H2. The second kappa shape index (κ2) is 9.81. The van der Waals surface area contributed by atoms with Crippen molar-refractivity contribution in [2.24, 2.45) is 5.92 Å². The number of rotatable bonds is 5. The van der Waals surface area contributed by atoms with Crippen molar-refractivity contribution in [3.8, 4) is 16.9 Å². The first-order chi connectivity index (χ1) is 18.5. The third-order valence-corrected chi connectivity index (χ3v) is 7.06. The van der Waals surface area contributed by atoms with E-state index in [0.717, 1.165) is 55.2 Å². The Morgan fingerprint density at radius 3 is 2.37 bits per heavy atom. The second-order valence-corrected chi connectivity index (χ2v) is 9.59. The first kappa shape index (κ1) is 24.0. The van der Waals surface area contributed by atoms with Gasteiger partial charge in [0.1, 0.15) is 29.0 Å². The van der Waals surface area contributed by atoms with Gasteiger partial charge in [-0.2, -0.15) is 4.98 Å². The summed E-state index contributed by atoms with van der Waals surface area (Å²) in [5.41, 5.74) is 8.69. The smallest absolute Gasteiger partial charge is 0.228 e. The summed E-state index contributed by atoms with van der Waals surface area (Å²) in [4.78, 5) is 11.6. The molecule has 38 heavy (non-hydrogen) atoms. The zero-order chi connectivity index (χ0) is 26.2. The van der Waals surface area contributed by atoms with E-state index in [1.807, 2.05) is 6.07 Å². The highest BCUT2D eigenvalue weighted by atomic mass is 19.1. The predicted octanol–water partition coefficient (Wildman–Crippen LogP) is 5.94. The Balaban J connectivity index is 1.40. The van der Waals surface area contributed by atoms with Crippen molar-refractivity contribution in [1.82, 2.24) is 19.7 Å². The average Bonchev–Trinajstić information content (AvgIpc) is 3.26. The van der Waals surface area contributed by atoms with Gasteiger partial charge >= 0.3 is 0 Å². The van der Waals surface area contributed by atoms with E-state index in [0.29, 0.717) is 28.5 Å². The maximum atomic E-state index is 14.6. The van der Waals surface area contributed by atoms with E-state index in [2.05, 4.69) is 39.2 Å². The monoisotopic (exact) mass is 514 g/mol. The number of halogens is 3. The number of hydrogen-bond acceptors (Lipinski definition) is 5. The topological polar surface area (TPSA) is 72.9 Å². The first-order valence-corrected chi connectivity index (χ1v) is 12.5. The summed E-state index contributed by atoms with van der Waals surface area (Å²) in [6, 6.07) is 19.5. The predicted molar refractivity (Wildman–Crippen MR) is 141 cm³/mol. The van der Waals surface area contributed by atoms with Crippen LogP contribution in [0.25, 0.3) is 28.0 Å². The van der Waals surface area contributed by atoms with Crippen LogP contribution in [-0.4, -0.2) is 32.8 Å². The normalized spacial score (nSPS) is 14.3. The molecule has 192 valence electrons. The molecule has 1 aliphatic heterocycles. The van der Waals surface area contributed by atoms with Crippen LogP contribution < -0.4 is 10.6 Å². The Hall–Kier alpha value is -4.40. The van der Waals surface area contributed by atoms with Gasteiger partial charge in [-0.1, -0.05) is 42.5 Å². The molecule has 2 aromatic heterocycles. The number of benzene rings is 3. The van der Waals surface area contributed by atoms with Crippen LogP contribution in [0.15, 0.2) is 72.8 Å². The number of nitrogens with zero attached hydrogens (tertiary/aromatic N) is 5. The SMILES string of the molecule is Nc1c2c(-c3cccc(F)c3)nc(N3CCC(Cc4ccccc4)CC3)nc2nn1-c1cc(F)ccc1F. The van der Waals surface area contributed by atoms with Crippen LogP contribution in [0.3, 0.4) is 0 Å². The van der Waals surface area contributed by atoms with Gasteiger partial charge in [0.15, 0.2) is 5.65 Å². The maximum absolute atomic E-state index is 14.6. The number of nitrogen functional groups attached to an aromatic ring is 1. The summed E-state index contributed by atoms with van der Waals surface area (Å²) in [5.74, 6) is -0.718. The highest BCUT2D eigenvalue weighted by molar-refractivity contribution is 5.99. The lowest BCUT2D eigenvalue weighted by Crippen LogP contribution is -2.35. The van der Waals surface area contributed by atoms with E-state index in [1.54, 1.807) is 12.1 Å². The molecule has 0 radical (unpaired) electrons. The number of fused-ring (bicyclic) bond motifs is 1. The second-order valence-electron chi connectivity index (χ2n) is 9.59. The Labute approximate surface area is 217 Å². The van der Waals surface area contributed by atoms with Crippen LogP contribution >= 0.6 is 0 Å². The summed E-state index contributed by atoms with van der Waals surface area (Å²) in [6.07, 6.45) is 2.95. The van der Waals surface area contributed by atoms with E-state index < -0.39 is 17.5 Å². The molecule has 0 bridgehead atoms. The molecule has 0 aliphatic carbocycles. The molecule has 0 atom stereocenters. The van der Waals surface area contributed by atoms with Gasteiger partial charge in [0.25, 0.3) is 0 Å².